The number of amides is 1. The number of aromatic nitrogens is 2. The molecule has 6 heteroatoms. The smallest absolute Gasteiger partial charge is 0.306 e. The minimum absolute atomic E-state index is 0.0475. The van der Waals surface area contributed by atoms with Crippen LogP contribution in [0.25, 0.3) is 0 Å². The Bertz CT molecular complexity index is 444. The molecule has 0 bridgehead atoms. The first-order valence-electron chi connectivity index (χ1n) is 6.59. The van der Waals surface area contributed by atoms with E-state index in [0.29, 0.717) is 13.0 Å². The van der Waals surface area contributed by atoms with Crippen LogP contribution in [-0.4, -0.2) is 33.3 Å². The average Bonchev–Trinajstić information content (AvgIpc) is 3.05. The third kappa shape index (κ3) is 3.13. The maximum absolute atomic E-state index is 12.0. The van der Waals surface area contributed by atoms with E-state index in [1.807, 2.05) is 0 Å². The summed E-state index contributed by atoms with van der Waals surface area (Å²) in [5.41, 5.74) is 0. The molecule has 1 heterocycles. The van der Waals surface area contributed by atoms with Crippen molar-refractivity contribution in [2.24, 2.45) is 11.8 Å². The summed E-state index contributed by atoms with van der Waals surface area (Å²) in [4.78, 5) is 23.0. The summed E-state index contributed by atoms with van der Waals surface area (Å²) in [6, 6.07) is 1.39. The van der Waals surface area contributed by atoms with Crippen molar-refractivity contribution in [2.45, 2.75) is 32.2 Å². The van der Waals surface area contributed by atoms with Crippen molar-refractivity contribution in [1.29, 1.82) is 0 Å². The zero-order valence-corrected chi connectivity index (χ0v) is 11.0. The standard InChI is InChI=1S/C13H19N3O3/c1-9(16-7-3-6-15-16)12(17)14-8-10-4-2-5-11(10)13(18)19/h3,6-7,9-11H,2,4-5,8H2,1H3,(H,14,17)(H,18,19). The SMILES string of the molecule is CC(C(=O)NCC1CCCC1C(=O)O)n1cccn1. The predicted molar refractivity (Wildman–Crippen MR) is 68.4 cm³/mol. The Morgan fingerprint density at radius 2 is 2.32 bits per heavy atom. The quantitative estimate of drug-likeness (QED) is 0.833. The minimum Gasteiger partial charge on any atom is -0.481 e. The van der Waals surface area contributed by atoms with E-state index in [1.54, 1.807) is 30.1 Å². The van der Waals surface area contributed by atoms with Crippen LogP contribution < -0.4 is 5.32 Å². The zero-order chi connectivity index (χ0) is 13.8. The van der Waals surface area contributed by atoms with Crippen molar-refractivity contribution >= 4 is 11.9 Å². The molecule has 0 aromatic carbocycles. The second-order valence-corrected chi connectivity index (χ2v) is 5.04. The van der Waals surface area contributed by atoms with Gasteiger partial charge in [-0.15, -0.1) is 0 Å². The first-order valence-corrected chi connectivity index (χ1v) is 6.59. The molecule has 1 fully saturated rings. The molecule has 0 spiro atoms. The summed E-state index contributed by atoms with van der Waals surface area (Å²) in [6.07, 6.45) is 5.87. The van der Waals surface area contributed by atoms with Gasteiger partial charge in [0, 0.05) is 18.9 Å². The maximum Gasteiger partial charge on any atom is 0.306 e. The van der Waals surface area contributed by atoms with Crippen molar-refractivity contribution in [1.82, 2.24) is 15.1 Å². The molecule has 3 atom stereocenters. The Labute approximate surface area is 111 Å². The monoisotopic (exact) mass is 265 g/mol. The van der Waals surface area contributed by atoms with Crippen LogP contribution in [0.5, 0.6) is 0 Å². The van der Waals surface area contributed by atoms with Gasteiger partial charge in [-0.2, -0.15) is 5.10 Å². The topological polar surface area (TPSA) is 84.2 Å². The van der Waals surface area contributed by atoms with Crippen molar-refractivity contribution < 1.29 is 14.7 Å². The molecule has 1 aromatic heterocycles. The van der Waals surface area contributed by atoms with Crippen molar-refractivity contribution in [2.75, 3.05) is 6.54 Å². The van der Waals surface area contributed by atoms with Crippen molar-refractivity contribution in [3.8, 4) is 0 Å². The molecule has 1 aromatic rings. The van der Waals surface area contributed by atoms with Gasteiger partial charge in [-0.05, 0) is 31.7 Å². The molecule has 1 saturated carbocycles. The molecule has 0 saturated heterocycles. The van der Waals surface area contributed by atoms with Crippen LogP contribution in [0.4, 0.5) is 0 Å². The van der Waals surface area contributed by atoms with Crippen LogP contribution >= 0.6 is 0 Å². The van der Waals surface area contributed by atoms with Gasteiger partial charge >= 0.3 is 5.97 Å². The average molecular weight is 265 g/mol. The first-order chi connectivity index (χ1) is 9.09. The summed E-state index contributed by atoms with van der Waals surface area (Å²) >= 11 is 0. The summed E-state index contributed by atoms with van der Waals surface area (Å²) in [5.74, 6) is -1.15. The molecule has 2 N–H and O–H groups in total. The van der Waals surface area contributed by atoms with Crippen LogP contribution in [0.3, 0.4) is 0 Å². The maximum atomic E-state index is 12.0. The molecule has 1 aliphatic carbocycles. The highest BCUT2D eigenvalue weighted by atomic mass is 16.4. The van der Waals surface area contributed by atoms with Gasteiger partial charge in [-0.3, -0.25) is 14.3 Å². The molecule has 2 rings (SSSR count). The Morgan fingerprint density at radius 1 is 1.53 bits per heavy atom. The number of aliphatic carboxylic acids is 1. The Hall–Kier alpha value is -1.85. The summed E-state index contributed by atoms with van der Waals surface area (Å²) in [7, 11) is 0. The van der Waals surface area contributed by atoms with E-state index in [9.17, 15) is 9.59 Å². The molecule has 104 valence electrons. The van der Waals surface area contributed by atoms with Gasteiger partial charge in [0.1, 0.15) is 6.04 Å². The molecule has 0 aliphatic heterocycles. The first kappa shape index (κ1) is 13.6. The van der Waals surface area contributed by atoms with E-state index >= 15 is 0 Å². The molecule has 1 aliphatic rings. The van der Waals surface area contributed by atoms with E-state index < -0.39 is 5.97 Å². The fraction of sp³-hybridized carbons (Fsp3) is 0.615. The molecule has 0 radical (unpaired) electrons. The second kappa shape index (κ2) is 5.86. The number of rotatable bonds is 5. The summed E-state index contributed by atoms with van der Waals surface area (Å²) < 4.78 is 1.58. The van der Waals surface area contributed by atoms with E-state index in [0.717, 1.165) is 12.8 Å². The van der Waals surface area contributed by atoms with Gasteiger partial charge in [0.05, 0.1) is 5.92 Å². The number of carboxylic acid groups (broad SMARTS) is 1. The largest absolute Gasteiger partial charge is 0.481 e. The molecular formula is C13H19N3O3. The van der Waals surface area contributed by atoms with Crippen molar-refractivity contribution in [3.05, 3.63) is 18.5 Å². The fourth-order valence-corrected chi connectivity index (χ4v) is 2.62. The van der Waals surface area contributed by atoms with Gasteiger partial charge in [-0.25, -0.2) is 0 Å². The molecule has 6 nitrogen and oxygen atoms in total. The van der Waals surface area contributed by atoms with E-state index in [1.165, 1.54) is 0 Å². The van der Waals surface area contributed by atoms with Gasteiger partial charge < -0.3 is 10.4 Å². The highest BCUT2D eigenvalue weighted by molar-refractivity contribution is 5.79. The fourth-order valence-electron chi connectivity index (χ4n) is 2.62. The molecule has 3 unspecified atom stereocenters. The number of carboxylic acids is 1. The van der Waals surface area contributed by atoms with E-state index in [4.69, 9.17) is 5.11 Å². The van der Waals surface area contributed by atoms with E-state index in [-0.39, 0.29) is 23.8 Å². The summed E-state index contributed by atoms with van der Waals surface area (Å²) in [5, 5.41) is 15.9. The highest BCUT2D eigenvalue weighted by Gasteiger charge is 2.33. The Balaban J connectivity index is 1.85. The highest BCUT2D eigenvalue weighted by Crippen LogP contribution is 2.31. The normalized spacial score (nSPS) is 24.1. The summed E-state index contributed by atoms with van der Waals surface area (Å²) in [6.45, 7) is 2.20. The van der Waals surface area contributed by atoms with Gasteiger partial charge in [0.2, 0.25) is 5.91 Å². The molecule has 19 heavy (non-hydrogen) atoms. The number of carbonyl (C=O) groups is 2. The molecule has 1 amide bonds. The third-order valence-electron chi connectivity index (χ3n) is 3.82. The number of hydrogen-bond donors (Lipinski definition) is 2. The van der Waals surface area contributed by atoms with Gasteiger partial charge in [-0.1, -0.05) is 6.42 Å². The van der Waals surface area contributed by atoms with Crippen LogP contribution in [0.2, 0.25) is 0 Å². The van der Waals surface area contributed by atoms with Crippen LogP contribution in [0, 0.1) is 11.8 Å². The number of carbonyl (C=O) groups excluding carboxylic acids is 1. The second-order valence-electron chi connectivity index (χ2n) is 5.04. The lowest BCUT2D eigenvalue weighted by molar-refractivity contribution is -0.143. The van der Waals surface area contributed by atoms with E-state index in [2.05, 4.69) is 10.4 Å². The number of nitrogens with one attached hydrogen (secondary N) is 1. The lowest BCUT2D eigenvalue weighted by Gasteiger charge is -2.18. The molecular weight excluding hydrogens is 246 g/mol. The van der Waals surface area contributed by atoms with Crippen LogP contribution in [0.15, 0.2) is 18.5 Å². The van der Waals surface area contributed by atoms with Gasteiger partial charge in [0.15, 0.2) is 0 Å². The lowest BCUT2D eigenvalue weighted by atomic mass is 9.96. The number of nitrogens with zero attached hydrogens (tertiary/aromatic N) is 2. The van der Waals surface area contributed by atoms with Crippen LogP contribution in [-0.2, 0) is 9.59 Å². The van der Waals surface area contributed by atoms with Crippen molar-refractivity contribution in [3.63, 3.8) is 0 Å². The zero-order valence-electron chi connectivity index (χ0n) is 11.0. The minimum atomic E-state index is -0.753. The van der Waals surface area contributed by atoms with Gasteiger partial charge in [0.25, 0.3) is 0 Å². The van der Waals surface area contributed by atoms with Crippen LogP contribution in [0.1, 0.15) is 32.2 Å². The Kier molecular flexibility index (Phi) is 4.19. The number of hydrogen-bond acceptors (Lipinski definition) is 3. The lowest BCUT2D eigenvalue weighted by Crippen LogP contribution is -2.36. The Morgan fingerprint density at radius 3 is 2.95 bits per heavy atom. The predicted octanol–water partition coefficient (Wildman–Crippen LogP) is 1.06. The third-order valence-corrected chi connectivity index (χ3v) is 3.82.